The molecule has 3 rings (SSSR count). The fraction of sp³-hybridized carbons (Fsp3) is 1.00. The molecule has 0 aromatic rings. The van der Waals surface area contributed by atoms with Gasteiger partial charge in [-0.3, -0.25) is 4.90 Å². The van der Waals surface area contributed by atoms with Crippen molar-refractivity contribution in [1.29, 1.82) is 0 Å². The summed E-state index contributed by atoms with van der Waals surface area (Å²) in [4.78, 5) is 5.10. The van der Waals surface area contributed by atoms with Crippen LogP contribution in [0.25, 0.3) is 0 Å². The molecule has 2 heterocycles. The highest BCUT2D eigenvalue weighted by Crippen LogP contribution is 2.32. The van der Waals surface area contributed by atoms with Gasteiger partial charge in [-0.05, 0) is 80.1 Å². The summed E-state index contributed by atoms with van der Waals surface area (Å²) in [6, 6.07) is 0. The standard InChI is InChI=1S/C24H46N2O3/c1-23(2,3)26-13-9-20(10-14-26)29-22-17-21(18-22)28-19-7-11-25(12-8-19)15-16-27-24(4,5)6/h19-22H,7-18H2,1-6H3. The zero-order valence-electron chi connectivity index (χ0n) is 19.9. The molecule has 0 unspecified atom stereocenters. The van der Waals surface area contributed by atoms with Gasteiger partial charge in [0.25, 0.3) is 0 Å². The van der Waals surface area contributed by atoms with Crippen molar-refractivity contribution in [3.63, 3.8) is 0 Å². The third-order valence-corrected chi connectivity index (χ3v) is 6.69. The zero-order chi connectivity index (χ0) is 21.1. The second-order valence-corrected chi connectivity index (χ2v) is 11.3. The van der Waals surface area contributed by atoms with Crippen molar-refractivity contribution < 1.29 is 14.2 Å². The molecule has 5 heteroatoms. The molecule has 0 bridgehead atoms. The van der Waals surface area contributed by atoms with Crippen LogP contribution in [-0.2, 0) is 14.2 Å². The van der Waals surface area contributed by atoms with E-state index in [0.29, 0.717) is 24.4 Å². The fourth-order valence-electron chi connectivity index (χ4n) is 4.70. The fourth-order valence-corrected chi connectivity index (χ4v) is 4.70. The predicted octanol–water partition coefficient (Wildman–Crippen LogP) is 4.09. The van der Waals surface area contributed by atoms with Gasteiger partial charge in [0.05, 0.1) is 36.6 Å². The maximum absolute atomic E-state index is 6.37. The van der Waals surface area contributed by atoms with Crippen LogP contribution in [-0.4, -0.2) is 84.7 Å². The van der Waals surface area contributed by atoms with E-state index in [1.54, 1.807) is 0 Å². The molecule has 0 amide bonds. The van der Waals surface area contributed by atoms with Crippen LogP contribution in [0.5, 0.6) is 0 Å². The quantitative estimate of drug-likeness (QED) is 0.631. The molecule has 1 saturated carbocycles. The first kappa shape index (κ1) is 23.5. The maximum Gasteiger partial charge on any atom is 0.0628 e. The second kappa shape index (κ2) is 9.95. The summed E-state index contributed by atoms with van der Waals surface area (Å²) in [5, 5.41) is 0. The Morgan fingerprint density at radius 3 is 1.62 bits per heavy atom. The van der Waals surface area contributed by atoms with Gasteiger partial charge in [0.1, 0.15) is 0 Å². The van der Waals surface area contributed by atoms with E-state index in [9.17, 15) is 0 Å². The summed E-state index contributed by atoms with van der Waals surface area (Å²) in [5.74, 6) is 0. The highest BCUT2D eigenvalue weighted by atomic mass is 16.5. The molecular formula is C24H46N2O3. The van der Waals surface area contributed by atoms with Crippen molar-refractivity contribution in [2.24, 2.45) is 0 Å². The van der Waals surface area contributed by atoms with E-state index in [-0.39, 0.29) is 11.1 Å². The Kier molecular flexibility index (Phi) is 8.05. The van der Waals surface area contributed by atoms with E-state index >= 15 is 0 Å². The van der Waals surface area contributed by atoms with Gasteiger partial charge in [0.2, 0.25) is 0 Å². The van der Waals surface area contributed by atoms with Gasteiger partial charge in [-0.2, -0.15) is 0 Å². The molecule has 0 aromatic carbocycles. The Balaban J connectivity index is 1.23. The summed E-state index contributed by atoms with van der Waals surface area (Å²) in [5.41, 5.74) is 0.253. The SMILES string of the molecule is CC(C)(C)OCCN1CCC(OC2CC(OC3CCN(C(C)(C)C)CC3)C2)CC1. The average molecular weight is 411 g/mol. The van der Waals surface area contributed by atoms with Crippen LogP contribution < -0.4 is 0 Å². The number of hydrogen-bond acceptors (Lipinski definition) is 5. The lowest BCUT2D eigenvalue weighted by molar-refractivity contribution is -0.159. The molecule has 2 aliphatic heterocycles. The molecule has 5 nitrogen and oxygen atoms in total. The average Bonchev–Trinajstić information content (AvgIpc) is 2.60. The maximum atomic E-state index is 6.37. The zero-order valence-corrected chi connectivity index (χ0v) is 19.9. The molecule has 0 spiro atoms. The minimum Gasteiger partial charge on any atom is -0.375 e. The second-order valence-electron chi connectivity index (χ2n) is 11.3. The molecule has 29 heavy (non-hydrogen) atoms. The highest BCUT2D eigenvalue weighted by molar-refractivity contribution is 4.87. The third kappa shape index (κ3) is 7.77. The largest absolute Gasteiger partial charge is 0.375 e. The van der Waals surface area contributed by atoms with Crippen LogP contribution in [0.3, 0.4) is 0 Å². The Morgan fingerprint density at radius 2 is 1.17 bits per heavy atom. The van der Waals surface area contributed by atoms with Crippen LogP contribution in [0, 0.1) is 0 Å². The molecular weight excluding hydrogens is 364 g/mol. The van der Waals surface area contributed by atoms with Gasteiger partial charge in [0.15, 0.2) is 0 Å². The van der Waals surface area contributed by atoms with Gasteiger partial charge >= 0.3 is 0 Å². The van der Waals surface area contributed by atoms with Crippen molar-refractivity contribution in [3.05, 3.63) is 0 Å². The monoisotopic (exact) mass is 410 g/mol. The van der Waals surface area contributed by atoms with Crippen molar-refractivity contribution in [3.8, 4) is 0 Å². The van der Waals surface area contributed by atoms with Gasteiger partial charge in [-0.15, -0.1) is 0 Å². The number of ether oxygens (including phenoxy) is 3. The summed E-state index contributed by atoms with van der Waals surface area (Å²) in [7, 11) is 0. The topological polar surface area (TPSA) is 34.2 Å². The molecule has 1 aliphatic carbocycles. The third-order valence-electron chi connectivity index (χ3n) is 6.69. The molecule has 0 aromatic heterocycles. The van der Waals surface area contributed by atoms with Gasteiger partial charge in [-0.1, -0.05) is 0 Å². The smallest absolute Gasteiger partial charge is 0.0628 e. The highest BCUT2D eigenvalue weighted by Gasteiger charge is 2.36. The van der Waals surface area contributed by atoms with Gasteiger partial charge in [-0.25, -0.2) is 0 Å². The minimum absolute atomic E-state index is 0.0339. The van der Waals surface area contributed by atoms with Crippen LogP contribution >= 0.6 is 0 Å². The lowest BCUT2D eigenvalue weighted by Crippen LogP contribution is -2.49. The minimum atomic E-state index is -0.0339. The number of nitrogens with zero attached hydrogens (tertiary/aromatic N) is 2. The summed E-state index contributed by atoms with van der Waals surface area (Å²) in [6.45, 7) is 19.8. The lowest BCUT2D eigenvalue weighted by atomic mass is 9.90. The first-order valence-corrected chi connectivity index (χ1v) is 12.0. The van der Waals surface area contributed by atoms with E-state index < -0.39 is 0 Å². The number of piperidine rings is 2. The molecule has 3 aliphatic rings. The first-order chi connectivity index (χ1) is 13.6. The van der Waals surface area contributed by atoms with Crippen molar-refractivity contribution in [2.45, 2.75) is 116 Å². The number of likely N-dealkylation sites (tertiary alicyclic amines) is 2. The van der Waals surface area contributed by atoms with Crippen molar-refractivity contribution >= 4 is 0 Å². The molecule has 3 fully saturated rings. The Bertz CT molecular complexity index is 477. The summed E-state index contributed by atoms with van der Waals surface area (Å²) in [6.07, 6.45) is 8.61. The van der Waals surface area contributed by atoms with Gasteiger partial charge in [0, 0.05) is 38.3 Å². The lowest BCUT2D eigenvalue weighted by Gasteiger charge is -2.44. The molecule has 2 saturated heterocycles. The summed E-state index contributed by atoms with van der Waals surface area (Å²) >= 11 is 0. The first-order valence-electron chi connectivity index (χ1n) is 12.0. The van der Waals surface area contributed by atoms with Gasteiger partial charge < -0.3 is 19.1 Å². The van der Waals surface area contributed by atoms with E-state index in [0.717, 1.165) is 51.9 Å². The van der Waals surface area contributed by atoms with E-state index in [1.165, 1.54) is 25.9 Å². The Hall–Kier alpha value is -0.200. The Morgan fingerprint density at radius 1 is 0.690 bits per heavy atom. The summed E-state index contributed by atoms with van der Waals surface area (Å²) < 4.78 is 18.6. The van der Waals surface area contributed by atoms with Crippen LogP contribution in [0.2, 0.25) is 0 Å². The van der Waals surface area contributed by atoms with Crippen LogP contribution in [0.1, 0.15) is 80.1 Å². The van der Waals surface area contributed by atoms with Crippen molar-refractivity contribution in [1.82, 2.24) is 9.80 Å². The number of rotatable bonds is 7. The molecule has 170 valence electrons. The normalized spacial score (nSPS) is 29.2. The van der Waals surface area contributed by atoms with E-state index in [2.05, 4.69) is 51.3 Å². The number of hydrogen-bond donors (Lipinski definition) is 0. The van der Waals surface area contributed by atoms with Crippen molar-refractivity contribution in [2.75, 3.05) is 39.3 Å². The van der Waals surface area contributed by atoms with Crippen LogP contribution in [0.4, 0.5) is 0 Å². The predicted molar refractivity (Wildman–Crippen MR) is 118 cm³/mol. The molecule has 0 N–H and O–H groups in total. The van der Waals surface area contributed by atoms with Crippen LogP contribution in [0.15, 0.2) is 0 Å². The molecule has 0 atom stereocenters. The van der Waals surface area contributed by atoms with E-state index in [1.807, 2.05) is 0 Å². The van der Waals surface area contributed by atoms with E-state index in [4.69, 9.17) is 14.2 Å². The molecule has 0 radical (unpaired) electrons. The Labute approximate surface area is 179 Å².